The molecule has 2 bridgehead atoms. The standard InChI is InChI=1S/C31H29F8NO6S/c32-20-5-7-21(8-6-20)47(44,45)28-14-15-40(24(41)26-10-12-27(13-11-26,25(42)43)46-17-26)23(28)3-1-2-18-16-19(4-9-22(18)28)29(33,30(34,35)36)31(37,38)39/h4-9,16,23H,1-3,10-15,17H2,(H,42,43)/t23-,26?,27?,28-/m0/s1. The minimum Gasteiger partial charge on any atom is -0.479 e. The van der Waals surface area contributed by atoms with Crippen LogP contribution >= 0.6 is 0 Å². The van der Waals surface area contributed by atoms with Gasteiger partial charge in [0.1, 0.15) is 10.6 Å². The number of rotatable bonds is 5. The van der Waals surface area contributed by atoms with Gasteiger partial charge in [0.25, 0.3) is 0 Å². The van der Waals surface area contributed by atoms with E-state index in [4.69, 9.17) is 4.74 Å². The number of alkyl halides is 7. The molecule has 2 aromatic rings. The van der Waals surface area contributed by atoms with Crippen LogP contribution in [0.3, 0.4) is 0 Å². The zero-order valence-corrected chi connectivity index (χ0v) is 25.4. The quantitative estimate of drug-likeness (QED) is 0.298. The van der Waals surface area contributed by atoms with Gasteiger partial charge in [-0.25, -0.2) is 22.0 Å². The summed E-state index contributed by atoms with van der Waals surface area (Å²) in [4.78, 5) is 27.2. The molecule has 0 aromatic heterocycles. The van der Waals surface area contributed by atoms with Gasteiger partial charge < -0.3 is 14.7 Å². The maximum Gasteiger partial charge on any atom is 0.435 e. The number of likely N-dealkylation sites (tertiary alicyclic amines) is 1. The number of carboxylic acids is 1. The second kappa shape index (κ2) is 10.6. The van der Waals surface area contributed by atoms with Crippen molar-refractivity contribution in [1.82, 2.24) is 4.90 Å². The third kappa shape index (κ3) is 4.63. The molecule has 2 aliphatic carbocycles. The van der Waals surface area contributed by atoms with Gasteiger partial charge in [-0.15, -0.1) is 0 Å². The van der Waals surface area contributed by atoms with Gasteiger partial charge in [-0.3, -0.25) is 4.79 Å². The lowest BCUT2D eigenvalue weighted by molar-refractivity contribution is -0.348. The summed E-state index contributed by atoms with van der Waals surface area (Å²) in [7, 11) is -4.66. The zero-order valence-electron chi connectivity index (χ0n) is 24.6. The molecular formula is C31H29F8NO6S. The van der Waals surface area contributed by atoms with E-state index in [1.54, 1.807) is 0 Å². The second-order valence-corrected chi connectivity index (χ2v) is 15.1. The number of carbonyl (C=O) groups excluding carboxylic acids is 1. The summed E-state index contributed by atoms with van der Waals surface area (Å²) in [6.45, 7) is -0.401. The van der Waals surface area contributed by atoms with Gasteiger partial charge in [0.05, 0.1) is 23.0 Å². The molecule has 2 atom stereocenters. The zero-order chi connectivity index (χ0) is 34.4. The van der Waals surface area contributed by atoms with Crippen LogP contribution in [0.2, 0.25) is 0 Å². The van der Waals surface area contributed by atoms with Crippen LogP contribution in [0.15, 0.2) is 47.4 Å². The first-order chi connectivity index (χ1) is 21.8. The lowest BCUT2D eigenvalue weighted by Crippen LogP contribution is -2.61. The number of ether oxygens (including phenoxy) is 1. The Morgan fingerprint density at radius 3 is 2.04 bits per heavy atom. The van der Waals surface area contributed by atoms with Gasteiger partial charge in [-0.2, -0.15) is 26.3 Å². The van der Waals surface area contributed by atoms with E-state index in [2.05, 4.69) is 0 Å². The number of sulfone groups is 1. The number of halogens is 8. The predicted molar refractivity (Wildman–Crippen MR) is 147 cm³/mol. The normalized spacial score (nSPS) is 29.6. The third-order valence-corrected chi connectivity index (χ3v) is 13.2. The molecule has 5 aliphatic rings. The van der Waals surface area contributed by atoms with Crippen molar-refractivity contribution in [3.05, 3.63) is 65.0 Å². The number of benzene rings is 2. The van der Waals surface area contributed by atoms with E-state index in [1.807, 2.05) is 0 Å². The number of hydrogen-bond acceptors (Lipinski definition) is 5. The largest absolute Gasteiger partial charge is 0.479 e. The van der Waals surface area contributed by atoms with Crippen LogP contribution in [-0.4, -0.2) is 67.4 Å². The van der Waals surface area contributed by atoms with Crippen molar-refractivity contribution in [2.75, 3.05) is 13.2 Å². The van der Waals surface area contributed by atoms with E-state index < -0.39 is 72.9 Å². The maximum atomic E-state index is 15.1. The number of aryl methyl sites for hydroxylation is 1. The summed E-state index contributed by atoms with van der Waals surface area (Å²) in [5, 5.41) is 9.67. The molecule has 3 heterocycles. The molecule has 1 amide bonds. The SMILES string of the molecule is O=C(N1CC[C@]2(S(=O)(=O)c3ccc(F)cc3)c3ccc(C(F)(C(F)(F)F)C(F)(F)F)cc3CCC[C@H]12)C12CCC(C(=O)O)(CC1)OC2. The molecule has 3 aliphatic heterocycles. The van der Waals surface area contributed by atoms with E-state index in [0.717, 1.165) is 30.3 Å². The number of hydrogen-bond donors (Lipinski definition) is 1. The first kappa shape index (κ1) is 33.6. The molecule has 0 radical (unpaired) electrons. The van der Waals surface area contributed by atoms with E-state index in [0.29, 0.717) is 6.07 Å². The van der Waals surface area contributed by atoms with Crippen LogP contribution in [0.5, 0.6) is 0 Å². The van der Waals surface area contributed by atoms with Gasteiger partial charge in [0, 0.05) is 12.1 Å². The highest BCUT2D eigenvalue weighted by atomic mass is 32.2. The average molecular weight is 696 g/mol. The van der Waals surface area contributed by atoms with Crippen molar-refractivity contribution >= 4 is 21.7 Å². The smallest absolute Gasteiger partial charge is 0.435 e. The summed E-state index contributed by atoms with van der Waals surface area (Å²) in [5.41, 5.74) is -10.5. The van der Waals surface area contributed by atoms with Crippen molar-refractivity contribution in [1.29, 1.82) is 0 Å². The van der Waals surface area contributed by atoms with E-state index >= 15 is 4.39 Å². The number of amides is 1. The molecule has 256 valence electrons. The third-order valence-electron chi connectivity index (χ3n) is 10.6. The van der Waals surface area contributed by atoms with Gasteiger partial charge >= 0.3 is 24.0 Å². The highest BCUT2D eigenvalue weighted by Crippen LogP contribution is 2.58. The fraction of sp³-hybridized carbons (Fsp3) is 0.548. The van der Waals surface area contributed by atoms with Gasteiger partial charge in [0.2, 0.25) is 5.91 Å². The fourth-order valence-electron chi connectivity index (χ4n) is 8.04. The Morgan fingerprint density at radius 1 is 0.894 bits per heavy atom. The molecule has 16 heteroatoms. The Kier molecular flexibility index (Phi) is 7.59. The lowest BCUT2D eigenvalue weighted by atomic mass is 9.65. The van der Waals surface area contributed by atoms with Crippen molar-refractivity contribution < 1.29 is 63.0 Å². The first-order valence-corrected chi connectivity index (χ1v) is 16.4. The molecule has 4 fully saturated rings. The summed E-state index contributed by atoms with van der Waals surface area (Å²) in [6.07, 6.45) is -12.9. The van der Waals surface area contributed by atoms with Crippen molar-refractivity contribution in [2.45, 2.75) is 90.7 Å². The predicted octanol–water partition coefficient (Wildman–Crippen LogP) is 6.14. The number of fused-ring (bicyclic) bond motifs is 6. The monoisotopic (exact) mass is 695 g/mol. The Labute approximate surface area is 263 Å². The lowest BCUT2D eigenvalue weighted by Gasteiger charge is -2.51. The first-order valence-electron chi connectivity index (χ1n) is 14.9. The maximum absolute atomic E-state index is 15.1. The van der Waals surface area contributed by atoms with Crippen LogP contribution in [0, 0.1) is 11.2 Å². The van der Waals surface area contributed by atoms with Crippen LogP contribution < -0.4 is 0 Å². The summed E-state index contributed by atoms with van der Waals surface area (Å²) in [6, 6.07) is 4.04. The Balaban J connectivity index is 1.50. The molecule has 2 aromatic carbocycles. The average Bonchev–Trinajstić information content (AvgIpc) is 3.32. The van der Waals surface area contributed by atoms with Crippen LogP contribution in [0.25, 0.3) is 0 Å². The number of nitrogens with zero attached hydrogens (tertiary/aromatic N) is 1. The molecule has 3 saturated heterocycles. The Morgan fingerprint density at radius 2 is 1.51 bits per heavy atom. The van der Waals surface area contributed by atoms with Gasteiger partial charge in [-0.05, 0) is 86.8 Å². The van der Waals surface area contributed by atoms with Crippen LogP contribution in [0.4, 0.5) is 35.1 Å². The fourth-order valence-corrected chi connectivity index (χ4v) is 10.4. The van der Waals surface area contributed by atoms with E-state index in [-0.39, 0.29) is 86.6 Å². The minimum absolute atomic E-state index is 0.0224. The molecule has 7 rings (SSSR count). The Bertz CT molecular complexity index is 1690. The number of carboxylic acid groups (broad SMARTS) is 1. The number of carbonyl (C=O) groups is 2. The number of aliphatic carboxylic acids is 1. The van der Waals surface area contributed by atoms with Crippen LogP contribution in [0.1, 0.15) is 61.6 Å². The minimum atomic E-state index is -6.39. The summed E-state index contributed by atoms with van der Waals surface area (Å²) in [5.74, 6) is -2.41. The molecular weight excluding hydrogens is 666 g/mol. The topological polar surface area (TPSA) is 101 Å². The van der Waals surface area contributed by atoms with Gasteiger partial charge in [0.15, 0.2) is 15.4 Å². The highest BCUT2D eigenvalue weighted by molar-refractivity contribution is 7.92. The summed E-state index contributed by atoms with van der Waals surface area (Å²) < 4.78 is 144. The van der Waals surface area contributed by atoms with Gasteiger partial charge in [-0.1, -0.05) is 18.2 Å². The molecule has 1 N–H and O–H groups in total. The molecule has 7 nitrogen and oxygen atoms in total. The second-order valence-electron chi connectivity index (χ2n) is 12.9. The van der Waals surface area contributed by atoms with Crippen molar-refractivity contribution in [2.24, 2.45) is 5.41 Å². The molecule has 0 spiro atoms. The van der Waals surface area contributed by atoms with E-state index in [9.17, 15) is 53.8 Å². The molecule has 1 saturated carbocycles. The van der Waals surface area contributed by atoms with Crippen molar-refractivity contribution in [3.8, 4) is 0 Å². The molecule has 47 heavy (non-hydrogen) atoms. The molecule has 0 unspecified atom stereocenters. The highest BCUT2D eigenvalue weighted by Gasteiger charge is 2.74. The Hall–Kier alpha value is -3.27. The van der Waals surface area contributed by atoms with Crippen molar-refractivity contribution in [3.63, 3.8) is 0 Å². The van der Waals surface area contributed by atoms with E-state index in [1.165, 1.54) is 4.90 Å². The van der Waals surface area contributed by atoms with Crippen LogP contribution in [-0.2, 0) is 41.0 Å². The summed E-state index contributed by atoms with van der Waals surface area (Å²) >= 11 is 0.